The molecule has 2 aromatic carbocycles. The first-order chi connectivity index (χ1) is 8.99. The molecule has 0 saturated carbocycles. The molecule has 0 heterocycles. The maximum Gasteiger partial charge on any atom is 0.0450 e. The van der Waals surface area contributed by atoms with Crippen LogP contribution < -0.4 is 5.32 Å². The van der Waals surface area contributed by atoms with E-state index in [2.05, 4.69) is 59.4 Å². The summed E-state index contributed by atoms with van der Waals surface area (Å²) in [4.78, 5) is 0. The minimum absolute atomic E-state index is 0.0974. The molecule has 0 radical (unpaired) electrons. The highest BCUT2D eigenvalue weighted by atomic mass is 79.9. The van der Waals surface area contributed by atoms with E-state index in [1.54, 1.807) is 0 Å². The van der Waals surface area contributed by atoms with Gasteiger partial charge in [0.25, 0.3) is 0 Å². The molecular formula is C16H17BrClN. The summed E-state index contributed by atoms with van der Waals surface area (Å²) in [6.07, 6.45) is 0. The molecule has 0 unspecified atom stereocenters. The predicted molar refractivity (Wildman–Crippen MR) is 85.5 cm³/mol. The molecule has 0 fully saturated rings. The highest BCUT2D eigenvalue weighted by molar-refractivity contribution is 9.10. The molecule has 0 aromatic heterocycles. The SMILES string of the molecule is CC(C)(NCc1ccccc1Cl)c1ccc(Br)cc1. The fraction of sp³-hybridized carbons (Fsp3) is 0.250. The maximum atomic E-state index is 6.17. The summed E-state index contributed by atoms with van der Waals surface area (Å²) < 4.78 is 1.10. The predicted octanol–water partition coefficient (Wildman–Crippen LogP) is 5.13. The van der Waals surface area contributed by atoms with Gasteiger partial charge in [0, 0.05) is 21.6 Å². The summed E-state index contributed by atoms with van der Waals surface area (Å²) in [5, 5.41) is 4.36. The molecule has 0 aliphatic carbocycles. The Balaban J connectivity index is 2.09. The van der Waals surface area contributed by atoms with E-state index >= 15 is 0 Å². The van der Waals surface area contributed by atoms with Crippen molar-refractivity contribution in [2.45, 2.75) is 25.9 Å². The number of halogens is 2. The first kappa shape index (κ1) is 14.6. The van der Waals surface area contributed by atoms with Gasteiger partial charge in [-0.15, -0.1) is 0 Å². The second-order valence-electron chi connectivity index (χ2n) is 5.08. The quantitative estimate of drug-likeness (QED) is 0.815. The minimum Gasteiger partial charge on any atom is -0.304 e. The number of rotatable bonds is 4. The molecule has 100 valence electrons. The number of hydrogen-bond donors (Lipinski definition) is 1. The summed E-state index contributed by atoms with van der Waals surface area (Å²) in [7, 11) is 0. The summed E-state index contributed by atoms with van der Waals surface area (Å²) in [5.41, 5.74) is 2.27. The standard InChI is InChI=1S/C16H17BrClN/c1-16(2,13-7-9-14(17)10-8-13)19-11-12-5-3-4-6-15(12)18/h3-10,19H,11H2,1-2H3. The van der Waals surface area contributed by atoms with E-state index in [4.69, 9.17) is 11.6 Å². The summed E-state index contributed by atoms with van der Waals surface area (Å²) in [6.45, 7) is 5.10. The van der Waals surface area contributed by atoms with Gasteiger partial charge >= 0.3 is 0 Å². The van der Waals surface area contributed by atoms with Crippen LogP contribution >= 0.6 is 27.5 Å². The van der Waals surface area contributed by atoms with Crippen LogP contribution in [0, 0.1) is 0 Å². The van der Waals surface area contributed by atoms with Crippen LogP contribution in [-0.4, -0.2) is 0 Å². The zero-order chi connectivity index (χ0) is 13.9. The molecule has 2 aromatic rings. The van der Waals surface area contributed by atoms with Crippen molar-refractivity contribution in [3.8, 4) is 0 Å². The van der Waals surface area contributed by atoms with Crippen molar-refractivity contribution < 1.29 is 0 Å². The Labute approximate surface area is 128 Å². The highest BCUT2D eigenvalue weighted by Gasteiger charge is 2.19. The van der Waals surface area contributed by atoms with Crippen molar-refractivity contribution in [1.82, 2.24) is 5.32 Å². The van der Waals surface area contributed by atoms with Crippen LogP contribution in [0.1, 0.15) is 25.0 Å². The molecule has 0 amide bonds. The largest absolute Gasteiger partial charge is 0.304 e. The van der Waals surface area contributed by atoms with E-state index < -0.39 is 0 Å². The summed E-state index contributed by atoms with van der Waals surface area (Å²) >= 11 is 9.63. The molecule has 0 bridgehead atoms. The van der Waals surface area contributed by atoms with Crippen molar-refractivity contribution in [2.24, 2.45) is 0 Å². The van der Waals surface area contributed by atoms with Gasteiger partial charge in [0.05, 0.1) is 0 Å². The van der Waals surface area contributed by atoms with Gasteiger partial charge in [0.15, 0.2) is 0 Å². The molecule has 0 saturated heterocycles. The van der Waals surface area contributed by atoms with Gasteiger partial charge < -0.3 is 5.32 Å². The smallest absolute Gasteiger partial charge is 0.0450 e. The second kappa shape index (κ2) is 6.08. The average Bonchev–Trinajstić information content (AvgIpc) is 2.38. The lowest BCUT2D eigenvalue weighted by Crippen LogP contribution is -2.35. The number of hydrogen-bond acceptors (Lipinski definition) is 1. The molecule has 19 heavy (non-hydrogen) atoms. The zero-order valence-corrected chi connectivity index (χ0v) is 13.4. The molecule has 0 aliphatic rings. The van der Waals surface area contributed by atoms with E-state index in [1.807, 2.05) is 24.3 Å². The van der Waals surface area contributed by atoms with Crippen LogP contribution in [0.3, 0.4) is 0 Å². The highest BCUT2D eigenvalue weighted by Crippen LogP contribution is 2.23. The first-order valence-electron chi connectivity index (χ1n) is 6.23. The van der Waals surface area contributed by atoms with E-state index in [9.17, 15) is 0 Å². The van der Waals surface area contributed by atoms with Gasteiger partial charge in [0.1, 0.15) is 0 Å². The Hall–Kier alpha value is -0.830. The van der Waals surface area contributed by atoms with Crippen LogP contribution in [0.5, 0.6) is 0 Å². The maximum absolute atomic E-state index is 6.17. The molecule has 0 spiro atoms. The third-order valence-electron chi connectivity index (χ3n) is 3.24. The number of benzene rings is 2. The Kier molecular flexibility index (Phi) is 4.67. The van der Waals surface area contributed by atoms with Gasteiger partial charge in [0.2, 0.25) is 0 Å². The second-order valence-corrected chi connectivity index (χ2v) is 6.40. The first-order valence-corrected chi connectivity index (χ1v) is 7.40. The van der Waals surface area contributed by atoms with Gasteiger partial charge in [-0.2, -0.15) is 0 Å². The normalized spacial score (nSPS) is 11.6. The van der Waals surface area contributed by atoms with E-state index in [-0.39, 0.29) is 5.54 Å². The van der Waals surface area contributed by atoms with Crippen molar-refractivity contribution in [3.05, 3.63) is 69.2 Å². The van der Waals surface area contributed by atoms with Crippen LogP contribution in [-0.2, 0) is 12.1 Å². The van der Waals surface area contributed by atoms with Crippen molar-refractivity contribution >= 4 is 27.5 Å². The fourth-order valence-electron chi connectivity index (χ4n) is 1.93. The fourth-order valence-corrected chi connectivity index (χ4v) is 2.39. The van der Waals surface area contributed by atoms with Crippen molar-refractivity contribution in [3.63, 3.8) is 0 Å². The molecule has 3 heteroatoms. The van der Waals surface area contributed by atoms with Crippen molar-refractivity contribution in [1.29, 1.82) is 0 Å². The Morgan fingerprint density at radius 1 is 1.05 bits per heavy atom. The molecular weight excluding hydrogens is 322 g/mol. The molecule has 1 N–H and O–H groups in total. The summed E-state index contributed by atoms with van der Waals surface area (Å²) in [5.74, 6) is 0. The van der Waals surface area contributed by atoms with Crippen LogP contribution in [0.2, 0.25) is 5.02 Å². The van der Waals surface area contributed by atoms with Gasteiger partial charge in [-0.1, -0.05) is 57.9 Å². The molecule has 1 nitrogen and oxygen atoms in total. The number of nitrogens with one attached hydrogen (secondary N) is 1. The van der Waals surface area contributed by atoms with E-state index in [0.29, 0.717) is 0 Å². The average molecular weight is 339 g/mol. The third-order valence-corrected chi connectivity index (χ3v) is 4.14. The lowest BCUT2D eigenvalue weighted by Gasteiger charge is -2.27. The Morgan fingerprint density at radius 2 is 1.68 bits per heavy atom. The Bertz CT molecular complexity index is 549. The van der Waals surface area contributed by atoms with Crippen molar-refractivity contribution in [2.75, 3.05) is 0 Å². The monoisotopic (exact) mass is 337 g/mol. The lowest BCUT2D eigenvalue weighted by molar-refractivity contribution is 0.401. The Morgan fingerprint density at radius 3 is 2.32 bits per heavy atom. The minimum atomic E-state index is -0.0974. The lowest BCUT2D eigenvalue weighted by atomic mass is 9.94. The third kappa shape index (κ3) is 3.82. The molecule has 2 rings (SSSR count). The van der Waals surface area contributed by atoms with E-state index in [0.717, 1.165) is 21.6 Å². The molecule has 0 aliphatic heterocycles. The topological polar surface area (TPSA) is 12.0 Å². The van der Waals surface area contributed by atoms with Crippen LogP contribution in [0.15, 0.2) is 53.0 Å². The summed E-state index contributed by atoms with van der Waals surface area (Å²) in [6, 6.07) is 16.3. The van der Waals surface area contributed by atoms with Gasteiger partial charge in [-0.05, 0) is 43.2 Å². The zero-order valence-electron chi connectivity index (χ0n) is 11.1. The van der Waals surface area contributed by atoms with Crippen LogP contribution in [0.4, 0.5) is 0 Å². The van der Waals surface area contributed by atoms with E-state index in [1.165, 1.54) is 5.56 Å². The van der Waals surface area contributed by atoms with Crippen LogP contribution in [0.25, 0.3) is 0 Å². The van der Waals surface area contributed by atoms with Gasteiger partial charge in [-0.3, -0.25) is 0 Å². The molecule has 0 atom stereocenters. The van der Waals surface area contributed by atoms with Gasteiger partial charge in [-0.25, -0.2) is 0 Å².